The molecule has 1 N–H and O–H groups in total. The molecule has 0 unspecified atom stereocenters. The summed E-state index contributed by atoms with van der Waals surface area (Å²) < 4.78 is 30.5. The van der Waals surface area contributed by atoms with Crippen LogP contribution >= 0.6 is 0 Å². The highest BCUT2D eigenvalue weighted by atomic mass is 19.1. The van der Waals surface area contributed by atoms with Gasteiger partial charge < -0.3 is 19.3 Å². The Morgan fingerprint density at radius 1 is 1.42 bits per heavy atom. The van der Waals surface area contributed by atoms with Crippen LogP contribution in [-0.4, -0.2) is 62.2 Å². The highest BCUT2D eigenvalue weighted by molar-refractivity contribution is 5.41. The summed E-state index contributed by atoms with van der Waals surface area (Å²) >= 11 is 0. The summed E-state index contributed by atoms with van der Waals surface area (Å²) in [6.45, 7) is 6.50. The molecule has 3 rings (SSSR count). The quantitative estimate of drug-likeness (QED) is 0.804. The number of likely N-dealkylation sites (tertiary alicyclic amines) is 1. The third kappa shape index (κ3) is 4.37. The lowest BCUT2D eigenvalue weighted by Gasteiger charge is -2.41. The van der Waals surface area contributed by atoms with Gasteiger partial charge in [-0.05, 0) is 31.5 Å². The zero-order valence-electron chi connectivity index (χ0n) is 14.2. The van der Waals surface area contributed by atoms with Crippen molar-refractivity contribution in [3.8, 4) is 11.5 Å². The van der Waals surface area contributed by atoms with E-state index in [9.17, 15) is 4.39 Å². The normalized spacial score (nSPS) is 27.2. The summed E-state index contributed by atoms with van der Waals surface area (Å²) in [5, 5.41) is 8.86. The van der Waals surface area contributed by atoms with E-state index in [0.29, 0.717) is 31.3 Å². The molecule has 2 heterocycles. The zero-order valence-corrected chi connectivity index (χ0v) is 14.2. The van der Waals surface area contributed by atoms with Crippen LogP contribution < -0.4 is 9.47 Å². The Bertz CT molecular complexity index is 556. The number of rotatable bonds is 6. The standard InChI is InChI=1S/C18H26FNO4/c1-18(13-22-8-7-21)5-2-6-20(12-18)10-15-11-23-16-4-3-14(19)9-17(16)24-15/h3-4,9,15,21H,2,5-8,10-13H2,1H3/t15-,18-/m0/s1. The molecule has 2 aliphatic heterocycles. The molecule has 134 valence electrons. The van der Waals surface area contributed by atoms with Gasteiger partial charge in [-0.2, -0.15) is 0 Å². The molecule has 24 heavy (non-hydrogen) atoms. The first-order chi connectivity index (χ1) is 11.6. The van der Waals surface area contributed by atoms with Crippen LogP contribution in [0.3, 0.4) is 0 Å². The maximum atomic E-state index is 13.4. The maximum Gasteiger partial charge on any atom is 0.164 e. The first kappa shape index (κ1) is 17.5. The number of hydrogen-bond donors (Lipinski definition) is 1. The Morgan fingerprint density at radius 2 is 2.29 bits per heavy atom. The molecule has 0 radical (unpaired) electrons. The summed E-state index contributed by atoms with van der Waals surface area (Å²) in [6.07, 6.45) is 2.13. The van der Waals surface area contributed by atoms with E-state index < -0.39 is 0 Å². The lowest BCUT2D eigenvalue weighted by molar-refractivity contribution is -0.0215. The maximum absolute atomic E-state index is 13.4. The molecule has 0 spiro atoms. The topological polar surface area (TPSA) is 51.2 Å². The van der Waals surface area contributed by atoms with Gasteiger partial charge >= 0.3 is 0 Å². The molecule has 5 nitrogen and oxygen atoms in total. The summed E-state index contributed by atoms with van der Waals surface area (Å²) in [5.41, 5.74) is 0.0902. The largest absolute Gasteiger partial charge is 0.486 e. The van der Waals surface area contributed by atoms with Crippen molar-refractivity contribution in [1.82, 2.24) is 4.90 Å². The molecular formula is C18H26FNO4. The van der Waals surface area contributed by atoms with E-state index in [2.05, 4.69) is 11.8 Å². The van der Waals surface area contributed by atoms with Gasteiger partial charge in [0.1, 0.15) is 18.5 Å². The van der Waals surface area contributed by atoms with E-state index >= 15 is 0 Å². The second kappa shape index (κ2) is 7.68. The Labute approximate surface area is 142 Å². The van der Waals surface area contributed by atoms with Crippen molar-refractivity contribution in [1.29, 1.82) is 0 Å². The molecule has 1 aromatic rings. The van der Waals surface area contributed by atoms with Gasteiger partial charge in [-0.1, -0.05) is 6.92 Å². The predicted molar refractivity (Wildman–Crippen MR) is 88.0 cm³/mol. The number of halogens is 1. The molecule has 0 aliphatic carbocycles. The van der Waals surface area contributed by atoms with Gasteiger partial charge in [0.25, 0.3) is 0 Å². The third-order valence-electron chi connectivity index (χ3n) is 4.63. The molecule has 1 saturated heterocycles. The fraction of sp³-hybridized carbons (Fsp3) is 0.667. The van der Waals surface area contributed by atoms with Crippen molar-refractivity contribution >= 4 is 0 Å². The number of benzene rings is 1. The Kier molecular flexibility index (Phi) is 5.58. The molecular weight excluding hydrogens is 313 g/mol. The molecule has 1 fully saturated rings. The van der Waals surface area contributed by atoms with Gasteiger partial charge in [0.2, 0.25) is 0 Å². The van der Waals surface area contributed by atoms with E-state index in [1.54, 1.807) is 6.07 Å². The van der Waals surface area contributed by atoms with E-state index in [0.717, 1.165) is 32.5 Å². The summed E-state index contributed by atoms with van der Waals surface area (Å²) in [5.74, 6) is 0.774. The first-order valence-corrected chi connectivity index (χ1v) is 8.58. The van der Waals surface area contributed by atoms with E-state index in [4.69, 9.17) is 19.3 Å². The van der Waals surface area contributed by atoms with Crippen LogP contribution in [0, 0.1) is 11.2 Å². The number of fused-ring (bicyclic) bond motifs is 1. The van der Waals surface area contributed by atoms with Crippen molar-refractivity contribution in [2.75, 3.05) is 46.1 Å². The summed E-state index contributed by atoms with van der Waals surface area (Å²) in [6, 6.07) is 4.37. The van der Waals surface area contributed by atoms with E-state index in [1.165, 1.54) is 12.1 Å². The zero-order chi connectivity index (χ0) is 17.0. The number of piperidine rings is 1. The number of aliphatic hydroxyl groups is 1. The minimum Gasteiger partial charge on any atom is -0.486 e. The number of hydrogen-bond acceptors (Lipinski definition) is 5. The van der Waals surface area contributed by atoms with Crippen LogP contribution in [0.2, 0.25) is 0 Å². The number of aliphatic hydroxyl groups excluding tert-OH is 1. The summed E-state index contributed by atoms with van der Waals surface area (Å²) in [4.78, 5) is 2.37. The number of nitrogens with zero attached hydrogens (tertiary/aromatic N) is 1. The summed E-state index contributed by atoms with van der Waals surface area (Å²) in [7, 11) is 0. The smallest absolute Gasteiger partial charge is 0.164 e. The van der Waals surface area contributed by atoms with Gasteiger partial charge in [-0.25, -0.2) is 4.39 Å². The van der Waals surface area contributed by atoms with Crippen LogP contribution in [0.4, 0.5) is 4.39 Å². The molecule has 2 atom stereocenters. The van der Waals surface area contributed by atoms with Gasteiger partial charge in [0, 0.05) is 24.6 Å². The van der Waals surface area contributed by atoms with Crippen molar-refractivity contribution in [3.63, 3.8) is 0 Å². The first-order valence-electron chi connectivity index (χ1n) is 8.58. The highest BCUT2D eigenvalue weighted by Crippen LogP contribution is 2.34. The Morgan fingerprint density at radius 3 is 3.12 bits per heavy atom. The average molecular weight is 339 g/mol. The van der Waals surface area contributed by atoms with Crippen molar-refractivity contribution in [2.45, 2.75) is 25.9 Å². The minimum absolute atomic E-state index is 0.0585. The lowest BCUT2D eigenvalue weighted by atomic mass is 9.82. The fourth-order valence-corrected chi connectivity index (χ4v) is 3.55. The molecule has 6 heteroatoms. The van der Waals surface area contributed by atoms with Crippen LogP contribution in [0.15, 0.2) is 18.2 Å². The van der Waals surface area contributed by atoms with Crippen LogP contribution in [0.1, 0.15) is 19.8 Å². The van der Waals surface area contributed by atoms with Crippen molar-refractivity contribution in [3.05, 3.63) is 24.0 Å². The Balaban J connectivity index is 1.54. The van der Waals surface area contributed by atoms with Crippen molar-refractivity contribution in [2.24, 2.45) is 5.41 Å². The highest BCUT2D eigenvalue weighted by Gasteiger charge is 2.33. The van der Waals surface area contributed by atoms with Gasteiger partial charge in [-0.15, -0.1) is 0 Å². The van der Waals surface area contributed by atoms with Crippen LogP contribution in [0.25, 0.3) is 0 Å². The monoisotopic (exact) mass is 339 g/mol. The predicted octanol–water partition coefficient (Wildman–Crippen LogP) is 2.08. The third-order valence-corrected chi connectivity index (χ3v) is 4.63. The van der Waals surface area contributed by atoms with Crippen LogP contribution in [0.5, 0.6) is 11.5 Å². The minimum atomic E-state index is -0.315. The lowest BCUT2D eigenvalue weighted by Crippen LogP contribution is -2.49. The molecule has 0 amide bonds. The average Bonchev–Trinajstić information content (AvgIpc) is 2.54. The second-order valence-corrected chi connectivity index (χ2v) is 7.07. The second-order valence-electron chi connectivity index (χ2n) is 7.07. The Hall–Kier alpha value is -1.37. The number of ether oxygens (including phenoxy) is 3. The van der Waals surface area contributed by atoms with Gasteiger partial charge in [0.15, 0.2) is 11.5 Å². The molecule has 0 saturated carbocycles. The van der Waals surface area contributed by atoms with Gasteiger partial charge in [0.05, 0.1) is 19.8 Å². The van der Waals surface area contributed by atoms with E-state index in [-0.39, 0.29) is 23.9 Å². The van der Waals surface area contributed by atoms with Gasteiger partial charge in [-0.3, -0.25) is 4.90 Å². The molecule has 0 aromatic heterocycles. The van der Waals surface area contributed by atoms with Crippen LogP contribution in [-0.2, 0) is 4.74 Å². The van der Waals surface area contributed by atoms with Crippen molar-refractivity contribution < 1.29 is 23.7 Å². The SMILES string of the molecule is C[C@]1(COCCO)CCCN(C[C@H]2COc3ccc(F)cc3O2)C1. The molecule has 0 bridgehead atoms. The fourth-order valence-electron chi connectivity index (χ4n) is 3.55. The molecule has 2 aliphatic rings. The van der Waals surface area contributed by atoms with E-state index in [1.807, 2.05) is 0 Å². The molecule has 1 aromatic carbocycles.